The van der Waals surface area contributed by atoms with Crippen molar-refractivity contribution >= 4 is 25.4 Å². The molecule has 0 unspecified atom stereocenters. The SMILES string of the molecule is C[As](C)CCc1ccc2ccccc2c1. The molecular formula is C14H17As. The maximum atomic E-state index is 2.42. The third-order valence-electron chi connectivity index (χ3n) is 2.66. The van der Waals surface area contributed by atoms with Crippen LogP contribution in [0.3, 0.4) is 0 Å². The number of hydrogen-bond donors (Lipinski definition) is 0. The minimum absolute atomic E-state index is 0.462. The van der Waals surface area contributed by atoms with Crippen LogP contribution in [-0.2, 0) is 6.42 Å². The van der Waals surface area contributed by atoms with E-state index in [4.69, 9.17) is 0 Å². The summed E-state index contributed by atoms with van der Waals surface area (Å²) in [5.41, 5.74) is 6.35. The van der Waals surface area contributed by atoms with Crippen molar-refractivity contribution < 1.29 is 0 Å². The predicted molar refractivity (Wildman–Crippen MR) is 69.9 cm³/mol. The van der Waals surface area contributed by atoms with Gasteiger partial charge in [0.25, 0.3) is 0 Å². The summed E-state index contributed by atoms with van der Waals surface area (Å²) in [5, 5.41) is 4.15. The molecule has 0 nitrogen and oxygen atoms in total. The van der Waals surface area contributed by atoms with E-state index in [1.807, 2.05) is 0 Å². The average molecular weight is 260 g/mol. The molecule has 0 N–H and O–H groups in total. The molecule has 0 radical (unpaired) electrons. The van der Waals surface area contributed by atoms with Crippen molar-refractivity contribution in [3.63, 3.8) is 0 Å². The summed E-state index contributed by atoms with van der Waals surface area (Å²) in [4.78, 5) is 0. The molecule has 2 rings (SSSR count). The summed E-state index contributed by atoms with van der Waals surface area (Å²) in [5.74, 6) is 0. The Balaban J connectivity index is 2.23. The molecule has 0 atom stereocenters. The first-order valence-electron chi connectivity index (χ1n) is 5.38. The van der Waals surface area contributed by atoms with Gasteiger partial charge in [0.15, 0.2) is 0 Å². The molecule has 0 aliphatic rings. The quantitative estimate of drug-likeness (QED) is 0.728. The normalized spacial score (nSPS) is 11.1. The molecule has 1 heteroatoms. The molecule has 15 heavy (non-hydrogen) atoms. The van der Waals surface area contributed by atoms with Crippen molar-refractivity contribution in [3.05, 3.63) is 48.0 Å². The molecule has 0 heterocycles. The van der Waals surface area contributed by atoms with E-state index in [1.54, 1.807) is 0 Å². The second kappa shape index (κ2) is 4.85. The molecule has 0 aliphatic carbocycles. The standard InChI is InChI=1S/C14H17As/c1-15(2)10-9-12-7-8-13-5-3-4-6-14(13)11-12/h3-8,11H,9-10H2,1-2H3. The van der Waals surface area contributed by atoms with Crippen LogP contribution in [0, 0.1) is 0 Å². The van der Waals surface area contributed by atoms with E-state index in [-0.39, 0.29) is 0 Å². The summed E-state index contributed by atoms with van der Waals surface area (Å²) in [7, 11) is 0. The molecule has 2 aromatic rings. The Morgan fingerprint density at radius 2 is 1.67 bits per heavy atom. The van der Waals surface area contributed by atoms with Crippen LogP contribution in [0.4, 0.5) is 0 Å². The van der Waals surface area contributed by atoms with Crippen molar-refractivity contribution in [2.24, 2.45) is 0 Å². The molecule has 0 saturated carbocycles. The topological polar surface area (TPSA) is 0 Å². The van der Waals surface area contributed by atoms with Gasteiger partial charge in [-0.2, -0.15) is 0 Å². The number of benzene rings is 2. The first-order valence-corrected chi connectivity index (χ1v) is 10.5. The third kappa shape index (κ3) is 2.86. The first kappa shape index (κ1) is 10.8. The Hall–Kier alpha value is -0.742. The Labute approximate surface area is 96.6 Å². The van der Waals surface area contributed by atoms with Crippen molar-refractivity contribution in [1.82, 2.24) is 0 Å². The molecule has 2 aromatic carbocycles. The van der Waals surface area contributed by atoms with E-state index in [2.05, 4.69) is 53.9 Å². The predicted octanol–water partition coefficient (Wildman–Crippen LogP) is 4.14. The van der Waals surface area contributed by atoms with Gasteiger partial charge in [-0.1, -0.05) is 0 Å². The van der Waals surface area contributed by atoms with E-state index in [0.29, 0.717) is 0 Å². The zero-order valence-corrected chi connectivity index (χ0v) is 11.3. The van der Waals surface area contributed by atoms with Crippen LogP contribution in [0.15, 0.2) is 42.5 Å². The van der Waals surface area contributed by atoms with Crippen molar-refractivity contribution in [2.75, 3.05) is 0 Å². The first-order chi connectivity index (χ1) is 7.25. The van der Waals surface area contributed by atoms with Crippen molar-refractivity contribution in [2.45, 2.75) is 23.1 Å². The number of fused-ring (bicyclic) bond motifs is 1. The minimum atomic E-state index is -0.462. The van der Waals surface area contributed by atoms with Gasteiger partial charge in [0.2, 0.25) is 0 Å². The van der Waals surface area contributed by atoms with Gasteiger partial charge in [0.1, 0.15) is 0 Å². The van der Waals surface area contributed by atoms with Gasteiger partial charge in [-0.05, 0) is 0 Å². The van der Waals surface area contributed by atoms with Crippen LogP contribution in [0.5, 0.6) is 0 Å². The van der Waals surface area contributed by atoms with E-state index < -0.39 is 14.7 Å². The summed E-state index contributed by atoms with van der Waals surface area (Å²) in [6.07, 6.45) is 1.26. The van der Waals surface area contributed by atoms with Gasteiger partial charge < -0.3 is 0 Å². The van der Waals surface area contributed by atoms with Gasteiger partial charge in [0.05, 0.1) is 0 Å². The zero-order chi connectivity index (χ0) is 10.7. The number of aryl methyl sites for hydroxylation is 1. The summed E-state index contributed by atoms with van der Waals surface area (Å²) < 4.78 is 0. The zero-order valence-electron chi connectivity index (χ0n) is 9.40. The molecule has 0 spiro atoms. The van der Waals surface area contributed by atoms with Crippen LogP contribution in [0.25, 0.3) is 10.8 Å². The molecule has 0 saturated heterocycles. The van der Waals surface area contributed by atoms with Gasteiger partial charge in [0, 0.05) is 0 Å². The third-order valence-corrected chi connectivity index (χ3v) is 5.01. The Bertz CT molecular complexity index is 446. The monoisotopic (exact) mass is 260 g/mol. The van der Waals surface area contributed by atoms with Crippen LogP contribution in [0.1, 0.15) is 5.56 Å². The fourth-order valence-electron chi connectivity index (χ4n) is 1.75. The molecule has 0 amide bonds. The van der Waals surface area contributed by atoms with E-state index in [9.17, 15) is 0 Å². The average Bonchev–Trinajstić information content (AvgIpc) is 2.26. The van der Waals surface area contributed by atoms with Gasteiger partial charge in [-0.3, -0.25) is 0 Å². The van der Waals surface area contributed by atoms with E-state index >= 15 is 0 Å². The summed E-state index contributed by atoms with van der Waals surface area (Å²) >= 11 is -0.462. The van der Waals surface area contributed by atoms with Crippen LogP contribution in [0.2, 0.25) is 16.6 Å². The van der Waals surface area contributed by atoms with Crippen LogP contribution in [-0.4, -0.2) is 14.7 Å². The van der Waals surface area contributed by atoms with Crippen LogP contribution < -0.4 is 0 Å². The fourth-order valence-corrected chi connectivity index (χ4v) is 3.23. The maximum absolute atomic E-state index is 2.42. The fraction of sp³-hybridized carbons (Fsp3) is 0.286. The van der Waals surface area contributed by atoms with Gasteiger partial charge in [-0.25, -0.2) is 0 Å². The van der Waals surface area contributed by atoms with Crippen molar-refractivity contribution in [3.8, 4) is 0 Å². The molecular weight excluding hydrogens is 243 g/mol. The van der Waals surface area contributed by atoms with E-state index in [1.165, 1.54) is 28.0 Å². The second-order valence-electron chi connectivity index (χ2n) is 4.23. The Kier molecular flexibility index (Phi) is 3.48. The second-order valence-corrected chi connectivity index (χ2v) is 9.70. The Morgan fingerprint density at radius 3 is 2.40 bits per heavy atom. The number of hydrogen-bond acceptors (Lipinski definition) is 0. The summed E-state index contributed by atoms with van der Waals surface area (Å²) in [6, 6.07) is 15.5. The van der Waals surface area contributed by atoms with Crippen LogP contribution >= 0.6 is 0 Å². The molecule has 0 aliphatic heterocycles. The Morgan fingerprint density at radius 1 is 0.933 bits per heavy atom. The molecule has 0 aromatic heterocycles. The summed E-state index contributed by atoms with van der Waals surface area (Å²) in [6.45, 7) is 0. The van der Waals surface area contributed by atoms with E-state index in [0.717, 1.165) is 0 Å². The molecule has 0 fully saturated rings. The number of rotatable bonds is 3. The van der Waals surface area contributed by atoms with Crippen molar-refractivity contribution in [1.29, 1.82) is 0 Å². The molecule has 0 bridgehead atoms. The van der Waals surface area contributed by atoms with Gasteiger partial charge >= 0.3 is 96.5 Å². The molecule has 78 valence electrons. The van der Waals surface area contributed by atoms with Gasteiger partial charge in [-0.15, -0.1) is 0 Å².